The number of ether oxygens (including phenoxy) is 1. The van der Waals surface area contributed by atoms with E-state index in [0.29, 0.717) is 11.4 Å². The van der Waals surface area contributed by atoms with Crippen LogP contribution in [0.15, 0.2) is 36.5 Å². The van der Waals surface area contributed by atoms with Crippen molar-refractivity contribution < 1.29 is 23.4 Å². The van der Waals surface area contributed by atoms with Crippen LogP contribution in [0, 0.1) is 11.6 Å². The normalized spacial score (nSPS) is 10.6. The van der Waals surface area contributed by atoms with Gasteiger partial charge in [-0.3, -0.25) is 4.79 Å². The summed E-state index contributed by atoms with van der Waals surface area (Å²) in [5, 5.41) is 15.3. The zero-order valence-electron chi connectivity index (χ0n) is 14.2. The lowest BCUT2D eigenvalue weighted by Gasteiger charge is -2.07. The molecule has 0 saturated carbocycles. The molecule has 0 fully saturated rings. The fourth-order valence-corrected chi connectivity index (χ4v) is 2.35. The number of aromatic nitrogens is 4. The number of hydrogen-bond acceptors (Lipinski definition) is 6. The van der Waals surface area contributed by atoms with E-state index in [1.807, 2.05) is 0 Å². The Morgan fingerprint density at radius 3 is 2.78 bits per heavy atom. The molecule has 0 atom stereocenters. The zero-order valence-corrected chi connectivity index (χ0v) is 14.2. The number of carbonyl (C=O) groups is 1. The molecule has 140 valence electrons. The molecule has 0 aliphatic heterocycles. The number of nitrogens with zero attached hydrogens (tertiary/aromatic N) is 4. The SMILES string of the molecule is COc1cc(-c2ncc(F)c(NCC(=O)O)n2)nn1Cc1ccccc1F. The summed E-state index contributed by atoms with van der Waals surface area (Å²) in [6.07, 6.45) is 0.912. The monoisotopic (exact) mass is 375 g/mol. The van der Waals surface area contributed by atoms with Crippen LogP contribution in [0.25, 0.3) is 11.5 Å². The van der Waals surface area contributed by atoms with E-state index in [1.165, 1.54) is 23.9 Å². The van der Waals surface area contributed by atoms with Crippen LogP contribution in [-0.4, -0.2) is 44.5 Å². The summed E-state index contributed by atoms with van der Waals surface area (Å²) in [6, 6.07) is 7.78. The molecule has 0 saturated heterocycles. The first-order valence-corrected chi connectivity index (χ1v) is 7.81. The van der Waals surface area contributed by atoms with Gasteiger partial charge in [-0.05, 0) is 6.07 Å². The maximum atomic E-state index is 13.9. The van der Waals surface area contributed by atoms with Crippen LogP contribution in [0.5, 0.6) is 5.88 Å². The average Bonchev–Trinajstić information content (AvgIpc) is 3.06. The van der Waals surface area contributed by atoms with Gasteiger partial charge in [-0.2, -0.15) is 5.10 Å². The van der Waals surface area contributed by atoms with Crippen LogP contribution in [0.2, 0.25) is 0 Å². The zero-order chi connectivity index (χ0) is 19.4. The maximum absolute atomic E-state index is 13.9. The van der Waals surface area contributed by atoms with Crippen molar-refractivity contribution in [1.29, 1.82) is 0 Å². The Bertz CT molecular complexity index is 977. The summed E-state index contributed by atoms with van der Waals surface area (Å²) in [5.74, 6) is -2.20. The summed E-state index contributed by atoms with van der Waals surface area (Å²) < 4.78 is 34.3. The van der Waals surface area contributed by atoms with Gasteiger partial charge in [0.2, 0.25) is 5.88 Å². The Balaban J connectivity index is 1.91. The summed E-state index contributed by atoms with van der Waals surface area (Å²) >= 11 is 0. The van der Waals surface area contributed by atoms with Gasteiger partial charge < -0.3 is 15.2 Å². The molecule has 10 heteroatoms. The van der Waals surface area contributed by atoms with Crippen molar-refractivity contribution in [1.82, 2.24) is 19.7 Å². The second-order valence-corrected chi connectivity index (χ2v) is 5.46. The fraction of sp³-hybridized carbons (Fsp3) is 0.176. The second kappa shape index (κ2) is 7.77. The van der Waals surface area contributed by atoms with E-state index in [4.69, 9.17) is 9.84 Å². The molecule has 0 aliphatic rings. The number of aliphatic carboxylic acids is 1. The summed E-state index contributed by atoms with van der Waals surface area (Å²) in [6.45, 7) is -0.389. The first-order chi connectivity index (χ1) is 13.0. The van der Waals surface area contributed by atoms with E-state index in [9.17, 15) is 13.6 Å². The highest BCUT2D eigenvalue weighted by Gasteiger charge is 2.16. The molecular weight excluding hydrogens is 360 g/mol. The molecule has 0 spiro atoms. The van der Waals surface area contributed by atoms with Gasteiger partial charge in [0.15, 0.2) is 17.5 Å². The minimum absolute atomic E-state index is 0.0647. The third kappa shape index (κ3) is 4.17. The molecule has 0 aliphatic carbocycles. The number of carboxylic acids is 1. The maximum Gasteiger partial charge on any atom is 0.322 e. The molecule has 1 aromatic carbocycles. The van der Waals surface area contributed by atoms with Gasteiger partial charge in [0.25, 0.3) is 0 Å². The summed E-state index contributed by atoms with van der Waals surface area (Å²) in [5.41, 5.74) is 0.677. The standard InChI is InChI=1S/C17H15F2N5O3/c1-27-14-6-13(23-24(14)9-10-4-2-3-5-11(10)18)17-20-7-12(19)16(22-17)21-8-15(25)26/h2-7H,8-9H2,1H3,(H,25,26)(H,20,21,22). The van der Waals surface area contributed by atoms with E-state index >= 15 is 0 Å². The van der Waals surface area contributed by atoms with Gasteiger partial charge in [-0.1, -0.05) is 18.2 Å². The number of nitrogens with one attached hydrogen (secondary N) is 1. The van der Waals surface area contributed by atoms with Crippen molar-refractivity contribution in [3.8, 4) is 17.4 Å². The van der Waals surface area contributed by atoms with Crippen molar-refractivity contribution in [2.24, 2.45) is 0 Å². The van der Waals surface area contributed by atoms with Crippen LogP contribution in [0.3, 0.4) is 0 Å². The smallest absolute Gasteiger partial charge is 0.322 e. The predicted octanol–water partition coefficient (Wildman–Crippen LogP) is 2.17. The number of anilines is 1. The number of benzene rings is 1. The molecule has 2 N–H and O–H groups in total. The van der Waals surface area contributed by atoms with E-state index in [2.05, 4.69) is 20.4 Å². The van der Waals surface area contributed by atoms with Crippen LogP contribution < -0.4 is 10.1 Å². The highest BCUT2D eigenvalue weighted by Crippen LogP contribution is 2.23. The van der Waals surface area contributed by atoms with Crippen molar-refractivity contribution in [3.63, 3.8) is 0 Å². The number of methoxy groups -OCH3 is 1. The third-order valence-electron chi connectivity index (χ3n) is 3.61. The van der Waals surface area contributed by atoms with E-state index < -0.39 is 18.3 Å². The van der Waals surface area contributed by atoms with Crippen LogP contribution in [-0.2, 0) is 11.3 Å². The van der Waals surface area contributed by atoms with Gasteiger partial charge in [-0.15, -0.1) is 0 Å². The van der Waals surface area contributed by atoms with Crippen molar-refractivity contribution in [2.75, 3.05) is 19.0 Å². The third-order valence-corrected chi connectivity index (χ3v) is 3.61. The Labute approximate surface area is 152 Å². The molecule has 2 aromatic heterocycles. The number of halogens is 2. The largest absolute Gasteiger partial charge is 0.481 e. The van der Waals surface area contributed by atoms with Crippen molar-refractivity contribution in [2.45, 2.75) is 6.54 Å². The van der Waals surface area contributed by atoms with Gasteiger partial charge in [0.05, 0.1) is 19.9 Å². The minimum Gasteiger partial charge on any atom is -0.481 e. The molecule has 2 heterocycles. The number of carboxylic acid groups (broad SMARTS) is 1. The van der Waals surface area contributed by atoms with Gasteiger partial charge in [0.1, 0.15) is 18.1 Å². The quantitative estimate of drug-likeness (QED) is 0.652. The Morgan fingerprint density at radius 1 is 1.30 bits per heavy atom. The lowest BCUT2D eigenvalue weighted by Crippen LogP contribution is -2.15. The van der Waals surface area contributed by atoms with Crippen molar-refractivity contribution in [3.05, 3.63) is 53.7 Å². The molecule has 8 nitrogen and oxygen atoms in total. The van der Waals surface area contributed by atoms with Crippen LogP contribution in [0.4, 0.5) is 14.6 Å². The molecule has 0 unspecified atom stereocenters. The lowest BCUT2D eigenvalue weighted by atomic mass is 10.2. The van der Waals surface area contributed by atoms with Crippen molar-refractivity contribution >= 4 is 11.8 Å². The Kier molecular flexibility index (Phi) is 5.25. The second-order valence-electron chi connectivity index (χ2n) is 5.46. The topological polar surface area (TPSA) is 102 Å². The molecular formula is C17H15F2N5O3. The van der Waals surface area contributed by atoms with E-state index in [0.717, 1.165) is 6.20 Å². The van der Waals surface area contributed by atoms with E-state index in [-0.39, 0.29) is 29.7 Å². The first kappa shape index (κ1) is 18.2. The van der Waals surface area contributed by atoms with E-state index in [1.54, 1.807) is 18.2 Å². The highest BCUT2D eigenvalue weighted by molar-refractivity contribution is 5.72. The molecule has 0 amide bonds. The van der Waals surface area contributed by atoms with Gasteiger partial charge >= 0.3 is 5.97 Å². The minimum atomic E-state index is -1.16. The summed E-state index contributed by atoms with van der Waals surface area (Å²) in [7, 11) is 1.43. The highest BCUT2D eigenvalue weighted by atomic mass is 19.1. The van der Waals surface area contributed by atoms with Gasteiger partial charge in [-0.25, -0.2) is 23.4 Å². The van der Waals surface area contributed by atoms with Crippen LogP contribution >= 0.6 is 0 Å². The van der Waals surface area contributed by atoms with Gasteiger partial charge in [0, 0.05) is 11.6 Å². The summed E-state index contributed by atoms with van der Waals surface area (Å²) in [4.78, 5) is 18.5. The molecule has 3 rings (SSSR count). The Hall–Kier alpha value is -3.56. The number of rotatable bonds is 7. The fourth-order valence-electron chi connectivity index (χ4n) is 2.35. The van der Waals surface area contributed by atoms with Crippen LogP contribution in [0.1, 0.15) is 5.56 Å². The molecule has 0 bridgehead atoms. The Morgan fingerprint density at radius 2 is 2.07 bits per heavy atom. The lowest BCUT2D eigenvalue weighted by molar-refractivity contribution is -0.134. The molecule has 0 radical (unpaired) electrons. The number of hydrogen-bond donors (Lipinski definition) is 2. The predicted molar refractivity (Wildman–Crippen MR) is 91.4 cm³/mol. The first-order valence-electron chi connectivity index (χ1n) is 7.81. The molecule has 27 heavy (non-hydrogen) atoms. The molecule has 3 aromatic rings. The average molecular weight is 375 g/mol.